The molecule has 146 heavy (non-hydrogen) atoms. The van der Waals surface area contributed by atoms with Crippen molar-refractivity contribution in [3.05, 3.63) is 138 Å². The van der Waals surface area contributed by atoms with Crippen LogP contribution in [0.25, 0.3) is 63.8 Å². The molecule has 0 aromatic carbocycles. The Balaban J connectivity index is 0.000000264. The SMILES string of the molecule is C[C@@](F)(N=[N+]=[N-])OC1C[C@H](Cn2ccc(N)nc2=O)O[C@@H]1COP(=O)(O)OP(=O)(O)OP(=O)(O)O.C[C@@](F)(N=[N+]=[N-])OC1C[C@H](Cn2ccc3c(=O)[nH]c(N)nc32)O[C@@H]1COP(=O)(O)OP(=O)(O)OP(=O)(O)O.C[C@@](F)(N=[N+]=[N-])OC1C[C@H](Cn2ccc3c(N)ncnc32)O[C@@H]1COP(=O)(O)OP(=O)(O)OP(=O)(O)O.Cc1cn(C[C@H]2CC(O[C@](C)(F)N=[N+]=[N-])[C@@H](COP(=O)(O)OP(=O)(O)OP(=O)(O)O)O2)c(=O)[nH]c1=O. The summed E-state index contributed by atoms with van der Waals surface area (Å²) in [5.74, 6) is -11.5. The number of fused-ring (bicyclic) bond motifs is 2. The second kappa shape index (κ2) is 49.8. The maximum Gasteiger partial charge on any atom is 0.490 e. The van der Waals surface area contributed by atoms with Crippen molar-refractivity contribution in [1.29, 1.82) is 0 Å². The van der Waals surface area contributed by atoms with Crippen molar-refractivity contribution in [3.8, 4) is 0 Å². The molecular formula is C53H83F4N25O52P12. The number of phosphoric ester groups is 4. The van der Waals surface area contributed by atoms with Gasteiger partial charge in [-0.15, -0.1) is 0 Å². The van der Waals surface area contributed by atoms with Gasteiger partial charge in [0.05, 0.1) is 112 Å². The Morgan fingerprint density at radius 3 is 1.01 bits per heavy atom. The molecule has 820 valence electrons. The van der Waals surface area contributed by atoms with Crippen LogP contribution in [0.1, 0.15) is 58.9 Å². The van der Waals surface area contributed by atoms with Crippen molar-refractivity contribution in [1.82, 2.24) is 48.2 Å². The van der Waals surface area contributed by atoms with Gasteiger partial charge in [-0.25, -0.2) is 91.9 Å². The Kier molecular flexibility index (Phi) is 42.7. The molecule has 6 aromatic heterocycles. The molecule has 4 aliphatic heterocycles. The fourth-order valence-electron chi connectivity index (χ4n) is 12.8. The Labute approximate surface area is 805 Å². The molecule has 24 atom stereocenters. The van der Waals surface area contributed by atoms with Crippen LogP contribution in [0, 0.1) is 6.92 Å². The third-order valence-electron chi connectivity index (χ3n) is 17.7. The highest BCUT2D eigenvalue weighted by Crippen LogP contribution is 2.70. The molecule has 6 aromatic rings. The van der Waals surface area contributed by atoms with Crippen molar-refractivity contribution in [3.63, 3.8) is 0 Å². The highest BCUT2D eigenvalue weighted by atomic mass is 31.3. The molecule has 10 rings (SSSR count). The molecule has 4 saturated heterocycles. The van der Waals surface area contributed by atoms with Gasteiger partial charge in [-0.1, -0.05) is 0 Å². The summed E-state index contributed by atoms with van der Waals surface area (Å²) in [5.41, 5.74) is 49.0. The number of nitrogens with two attached hydrogens (primary N) is 3. The number of rotatable bonds is 48. The minimum atomic E-state index is -5.78. The molecule has 93 heteroatoms. The molecule has 4 fully saturated rings. The number of hydrogen-bond donors (Lipinski definition) is 21. The summed E-state index contributed by atoms with van der Waals surface area (Å²) in [5, 5.41) is 12.1. The maximum absolute atomic E-state index is 14.5. The first-order valence-electron chi connectivity index (χ1n) is 38.6. The molecule has 0 saturated carbocycles. The molecule has 0 aliphatic carbocycles. The van der Waals surface area contributed by atoms with Crippen LogP contribution in [0.5, 0.6) is 0 Å². The second-order valence-electron chi connectivity index (χ2n) is 29.7. The summed E-state index contributed by atoms with van der Waals surface area (Å²) in [6.45, 7) is 0.409. The zero-order valence-electron chi connectivity index (χ0n) is 73.4. The molecular weight excluding hydrogens is 2270 g/mol. The minimum Gasteiger partial charge on any atom is -0.383 e. The molecule has 24 N–H and O–H groups in total. The number of anilines is 3. The van der Waals surface area contributed by atoms with E-state index < -0.39 is 240 Å². The number of ether oxygens (including phenoxy) is 8. The number of aromatic nitrogens is 10. The highest BCUT2D eigenvalue weighted by Gasteiger charge is 2.52. The van der Waals surface area contributed by atoms with E-state index in [1.54, 1.807) is 16.8 Å². The monoisotopic (exact) mass is 2350 g/mol. The molecule has 4 aliphatic rings. The summed E-state index contributed by atoms with van der Waals surface area (Å²) in [6, 6.07) is 4.43. The van der Waals surface area contributed by atoms with E-state index in [1.807, 2.05) is 0 Å². The average Bonchev–Trinajstić information content (AvgIpc) is 1.61. The first kappa shape index (κ1) is 125. The number of nitrogens with one attached hydrogen (secondary N) is 2. The van der Waals surface area contributed by atoms with Crippen molar-refractivity contribution in [2.24, 2.45) is 20.5 Å². The van der Waals surface area contributed by atoms with Crippen LogP contribution in [0.3, 0.4) is 0 Å². The number of halogens is 4. The third kappa shape index (κ3) is 42.8. The molecule has 77 nitrogen and oxygen atoms in total. The quantitative estimate of drug-likeness (QED) is 0.00630. The molecule has 0 spiro atoms. The van der Waals surface area contributed by atoms with Gasteiger partial charge in [0.1, 0.15) is 53.7 Å². The number of aryl methyl sites for hydroxylation is 1. The first-order valence-corrected chi connectivity index (χ1v) is 56.7. The Hall–Kier alpha value is -7.72. The van der Waals surface area contributed by atoms with Crippen LogP contribution < -0.4 is 39.7 Å². The number of nitrogens with zero attached hydrogens (tertiary/aromatic N) is 20. The van der Waals surface area contributed by atoms with Crippen LogP contribution in [0.2, 0.25) is 0 Å². The van der Waals surface area contributed by atoms with E-state index in [0.29, 0.717) is 11.0 Å². The molecule has 0 radical (unpaired) electrons. The van der Waals surface area contributed by atoms with Crippen molar-refractivity contribution in [2.75, 3.05) is 43.6 Å². The van der Waals surface area contributed by atoms with Gasteiger partial charge in [0, 0.05) is 103 Å². The standard InChI is InChI=1S/C14H21FN7O13P3.C14H21FN7O12P3.C13H21FN5O14P3.C12H20FN6O13P3/c1-14(15,20-21-17)33-9-4-7(5-22-3-2-8-11(22)18-13(16)19-12(8)23)32-10(9)6-31-37(27,28)35-38(29,30)34-36(24,25)26;1-14(15,20-21-17)32-10-4-8(5-22-3-2-9-12(16)18-7-19-13(9)22)31-11(10)6-30-36(26,27)34-37(28,29)33-35(23,24)25;1-7-4-19(12(21)16-11(7)20)5-8-3-9(31-13(2,14)17-18-15)10(30-8)6-29-35(25,26)33-36(27,28)32-34(22,23)24;1-12(13,17-18-15)30-8-4-7(5-19-3-2-10(14)16-11(19)20)29-9(8)6-28-34(24,25)32-35(26,27)31-33(21,22)23/h2-3,7,9-10H,4-6H2,1H3,(H,27,28)(H,29,30)(H2,24,25,26)(H3,16,18,19,23);2-3,7-8,10-11H,4-6H2,1H3,(H,26,27)(H,28,29)(H2,16,18,19)(H2,23,24,25);4,8-10H,3,5-6H2,1-2H3,(H,25,26)(H,27,28)(H,16,20,21)(H2,22,23,24);2-3,7-9H,4-6H2,1H3,(H,24,25)(H,26,27)(H2,14,16,20)(H2,21,22,23)/t7-,9?,10-,14-;8-,10?,11-,14-;8-,9?,10-,13-;7-,8?,9-,12-/m1111/s1. The van der Waals surface area contributed by atoms with Gasteiger partial charge in [-0.05, 0) is 67.7 Å². The summed E-state index contributed by atoms with van der Waals surface area (Å²) < 4.78 is 290. The van der Waals surface area contributed by atoms with E-state index in [4.69, 9.17) is 116 Å². The summed E-state index contributed by atoms with van der Waals surface area (Å²) in [6.07, 6.45) is -7.80. The van der Waals surface area contributed by atoms with E-state index in [2.05, 4.69) is 123 Å². The largest absolute Gasteiger partial charge is 0.490 e. The van der Waals surface area contributed by atoms with E-state index >= 15 is 0 Å². The predicted molar refractivity (Wildman–Crippen MR) is 462 cm³/mol. The average molecular weight is 2350 g/mol. The lowest BCUT2D eigenvalue weighted by molar-refractivity contribution is -0.178. The number of alkyl halides is 4. The maximum atomic E-state index is 14.5. The van der Waals surface area contributed by atoms with Gasteiger partial charge >= 0.3 is 105 Å². The van der Waals surface area contributed by atoms with E-state index in [0.717, 1.165) is 36.8 Å². The molecule has 0 bridgehead atoms. The van der Waals surface area contributed by atoms with Crippen LogP contribution in [0.15, 0.2) is 88.9 Å². The Bertz CT molecular complexity index is 6780. The van der Waals surface area contributed by atoms with Gasteiger partial charge in [0.25, 0.3) is 35.0 Å². The van der Waals surface area contributed by atoms with Gasteiger partial charge in [-0.3, -0.25) is 46.8 Å². The Morgan fingerprint density at radius 2 is 0.705 bits per heavy atom. The normalized spacial score (nSPS) is 25.3. The number of nitrogen functional groups attached to an aromatic ring is 3. The summed E-state index contributed by atoms with van der Waals surface area (Å²) in [4.78, 5) is 221. The number of aromatic amines is 2. The van der Waals surface area contributed by atoms with Gasteiger partial charge in [0.2, 0.25) is 5.95 Å². The minimum absolute atomic E-state index is 0.0183. The van der Waals surface area contributed by atoms with E-state index in [9.17, 15) is 131 Å². The fraction of sp³-hybridized carbons (Fsp3) is 0.623. The lowest BCUT2D eigenvalue weighted by Gasteiger charge is -2.25. The predicted octanol–water partition coefficient (Wildman–Crippen LogP) is 4.35. The van der Waals surface area contributed by atoms with Crippen LogP contribution in [-0.2, 0) is 171 Å². The van der Waals surface area contributed by atoms with Crippen LogP contribution in [-0.4, -0.2) is 250 Å². The topological polar surface area (TPSA) is 1160 Å². The molecule has 12 unspecified atom stereocenters. The smallest absolute Gasteiger partial charge is 0.383 e. The summed E-state index contributed by atoms with van der Waals surface area (Å²) in [7, 11) is -67.5. The van der Waals surface area contributed by atoms with Crippen molar-refractivity contribution in [2.45, 2.75) is 184 Å². The number of azide groups is 4. The molecule has 0 amide bonds. The van der Waals surface area contributed by atoms with Crippen LogP contribution >= 0.6 is 93.9 Å². The lowest BCUT2D eigenvalue weighted by atomic mass is 10.1. The third-order valence-corrected chi connectivity index (χ3v) is 32.9. The van der Waals surface area contributed by atoms with Crippen LogP contribution in [0.4, 0.5) is 35.1 Å². The number of phosphoric acid groups is 12. The van der Waals surface area contributed by atoms with Crippen molar-refractivity contribution >= 4 is 134 Å². The zero-order valence-corrected chi connectivity index (χ0v) is 84.2. The zero-order chi connectivity index (χ0) is 110. The highest BCUT2D eigenvalue weighted by molar-refractivity contribution is 7.68. The molecule has 10 heterocycles. The van der Waals surface area contributed by atoms with Gasteiger partial charge in [-0.2, -0.15) is 44.5 Å². The fourth-order valence-corrected chi connectivity index (χ4v) is 24.9. The first-order chi connectivity index (χ1) is 66.6. The number of hydrogen-bond acceptors (Lipinski definition) is 47. The Morgan fingerprint density at radius 1 is 0.411 bits per heavy atom. The van der Waals surface area contributed by atoms with E-state index in [-0.39, 0.29) is 86.0 Å². The van der Waals surface area contributed by atoms with Crippen molar-refractivity contribution < 1.29 is 241 Å². The second-order valence-corrected chi connectivity index (χ2v) is 47.3. The van der Waals surface area contributed by atoms with Gasteiger partial charge in [0.15, 0.2) is 0 Å². The number of H-pyrrole nitrogens is 2. The van der Waals surface area contributed by atoms with E-state index in [1.165, 1.54) is 48.5 Å². The van der Waals surface area contributed by atoms with Gasteiger partial charge < -0.3 is 143 Å². The summed E-state index contributed by atoms with van der Waals surface area (Å²) >= 11 is 0. The lowest BCUT2D eigenvalue weighted by Crippen LogP contribution is -2.35.